The molecule has 0 bridgehead atoms. The molecule has 0 amide bonds. The summed E-state index contributed by atoms with van der Waals surface area (Å²) in [6, 6.07) is 1.82. The first-order chi connectivity index (χ1) is 12.6. The molecule has 0 spiro atoms. The Bertz CT molecular complexity index is 712. The molecule has 0 radical (unpaired) electrons. The molecule has 3 heterocycles. The summed E-state index contributed by atoms with van der Waals surface area (Å²) in [6.45, 7) is 14.3. The van der Waals surface area contributed by atoms with Gasteiger partial charge in [-0.15, -0.1) is 0 Å². The lowest BCUT2D eigenvalue weighted by Crippen LogP contribution is -2.47. The summed E-state index contributed by atoms with van der Waals surface area (Å²) in [4.78, 5) is 13.1. The molecule has 3 rings (SSSR count). The van der Waals surface area contributed by atoms with E-state index in [1.165, 1.54) is 0 Å². The van der Waals surface area contributed by atoms with Crippen LogP contribution in [0.5, 0.6) is 0 Å². The second-order valence-corrected chi connectivity index (χ2v) is 11.2. The van der Waals surface area contributed by atoms with Crippen molar-refractivity contribution in [2.45, 2.75) is 34.1 Å². The molecular formula is C19H33N5O2S. The SMILES string of the molecule is CC1(C)CN(S(=O)(=O)CCCN2CCN(c3ncccn3)CC2)CC1(C)C. The third kappa shape index (κ3) is 4.60. The molecule has 1 aromatic rings. The molecule has 1 aromatic heterocycles. The summed E-state index contributed by atoms with van der Waals surface area (Å²) in [6.07, 6.45) is 4.21. The van der Waals surface area contributed by atoms with Crippen molar-refractivity contribution < 1.29 is 8.42 Å². The molecule has 7 nitrogen and oxygen atoms in total. The van der Waals surface area contributed by atoms with Crippen LogP contribution in [0.25, 0.3) is 0 Å². The predicted molar refractivity (Wildman–Crippen MR) is 108 cm³/mol. The van der Waals surface area contributed by atoms with E-state index in [1.54, 1.807) is 16.7 Å². The highest BCUT2D eigenvalue weighted by Crippen LogP contribution is 2.46. The van der Waals surface area contributed by atoms with Gasteiger partial charge in [-0.1, -0.05) is 27.7 Å². The predicted octanol–water partition coefficient (Wildman–Crippen LogP) is 1.69. The monoisotopic (exact) mass is 395 g/mol. The maximum atomic E-state index is 12.8. The Kier molecular flexibility index (Phi) is 5.80. The van der Waals surface area contributed by atoms with E-state index < -0.39 is 10.0 Å². The zero-order valence-electron chi connectivity index (χ0n) is 17.1. The van der Waals surface area contributed by atoms with E-state index >= 15 is 0 Å². The molecule has 2 saturated heterocycles. The van der Waals surface area contributed by atoms with Crippen LogP contribution in [0.15, 0.2) is 18.5 Å². The molecule has 152 valence electrons. The van der Waals surface area contributed by atoms with E-state index in [-0.39, 0.29) is 16.6 Å². The van der Waals surface area contributed by atoms with Crippen LogP contribution in [0, 0.1) is 10.8 Å². The second kappa shape index (κ2) is 7.64. The molecule has 2 fully saturated rings. The highest BCUT2D eigenvalue weighted by molar-refractivity contribution is 7.89. The molecule has 8 heteroatoms. The van der Waals surface area contributed by atoms with Crippen molar-refractivity contribution in [2.75, 3.05) is 56.5 Å². The number of aromatic nitrogens is 2. The van der Waals surface area contributed by atoms with Crippen LogP contribution < -0.4 is 4.90 Å². The zero-order chi connectivity index (χ0) is 19.7. The Labute approximate surface area is 163 Å². The minimum Gasteiger partial charge on any atom is -0.338 e. The lowest BCUT2D eigenvalue weighted by Gasteiger charge is -2.34. The molecule has 0 aliphatic carbocycles. The van der Waals surface area contributed by atoms with Crippen molar-refractivity contribution in [1.82, 2.24) is 19.2 Å². The van der Waals surface area contributed by atoms with Gasteiger partial charge in [-0.2, -0.15) is 0 Å². The number of hydrogen-bond acceptors (Lipinski definition) is 6. The average molecular weight is 396 g/mol. The van der Waals surface area contributed by atoms with E-state index in [0.29, 0.717) is 19.5 Å². The molecule has 0 saturated carbocycles. The number of sulfonamides is 1. The smallest absolute Gasteiger partial charge is 0.225 e. The van der Waals surface area contributed by atoms with Gasteiger partial charge in [-0.05, 0) is 29.9 Å². The van der Waals surface area contributed by atoms with Gasteiger partial charge in [0.1, 0.15) is 0 Å². The van der Waals surface area contributed by atoms with E-state index in [2.05, 4.69) is 47.5 Å². The van der Waals surface area contributed by atoms with Gasteiger partial charge in [0.25, 0.3) is 0 Å². The van der Waals surface area contributed by atoms with Crippen LogP contribution >= 0.6 is 0 Å². The first-order valence-electron chi connectivity index (χ1n) is 9.83. The number of anilines is 1. The lowest BCUT2D eigenvalue weighted by molar-refractivity contribution is 0.184. The molecule has 0 N–H and O–H groups in total. The first-order valence-corrected chi connectivity index (χ1v) is 11.4. The van der Waals surface area contributed by atoms with Gasteiger partial charge in [0, 0.05) is 51.7 Å². The molecule has 2 aliphatic rings. The van der Waals surface area contributed by atoms with Gasteiger partial charge >= 0.3 is 0 Å². The summed E-state index contributed by atoms with van der Waals surface area (Å²) in [5, 5.41) is 0. The van der Waals surface area contributed by atoms with E-state index in [0.717, 1.165) is 38.7 Å². The fraction of sp³-hybridized carbons (Fsp3) is 0.789. The highest BCUT2D eigenvalue weighted by atomic mass is 32.2. The van der Waals surface area contributed by atoms with E-state index in [4.69, 9.17) is 0 Å². The normalized spacial score (nSPS) is 23.6. The third-order valence-electron chi connectivity index (χ3n) is 6.45. The van der Waals surface area contributed by atoms with Crippen molar-refractivity contribution in [3.63, 3.8) is 0 Å². The summed E-state index contributed by atoms with van der Waals surface area (Å²) in [5.41, 5.74) is 0.0197. The van der Waals surface area contributed by atoms with Gasteiger partial charge in [-0.3, -0.25) is 4.90 Å². The molecule has 27 heavy (non-hydrogen) atoms. The fourth-order valence-electron chi connectivity index (χ4n) is 3.79. The number of hydrogen-bond donors (Lipinski definition) is 0. The average Bonchev–Trinajstić information content (AvgIpc) is 2.85. The van der Waals surface area contributed by atoms with Crippen LogP contribution in [-0.4, -0.2) is 79.2 Å². The molecule has 0 unspecified atom stereocenters. The Morgan fingerprint density at radius 3 is 2.07 bits per heavy atom. The van der Waals surface area contributed by atoms with Gasteiger partial charge in [-0.25, -0.2) is 22.7 Å². The topological polar surface area (TPSA) is 69.6 Å². The number of piperazine rings is 1. The first kappa shape index (κ1) is 20.5. The van der Waals surface area contributed by atoms with Gasteiger partial charge in [0.2, 0.25) is 16.0 Å². The van der Waals surface area contributed by atoms with Crippen molar-refractivity contribution in [3.05, 3.63) is 18.5 Å². The molecular weight excluding hydrogens is 362 g/mol. The van der Waals surface area contributed by atoms with Crippen molar-refractivity contribution in [1.29, 1.82) is 0 Å². The number of nitrogens with zero attached hydrogens (tertiary/aromatic N) is 5. The van der Waals surface area contributed by atoms with Crippen molar-refractivity contribution in [2.24, 2.45) is 10.8 Å². The molecule has 2 aliphatic heterocycles. The number of rotatable bonds is 6. The minimum atomic E-state index is -3.18. The second-order valence-electron chi connectivity index (χ2n) is 9.08. The Morgan fingerprint density at radius 2 is 1.52 bits per heavy atom. The summed E-state index contributed by atoms with van der Waals surface area (Å²) < 4.78 is 27.2. The maximum Gasteiger partial charge on any atom is 0.225 e. The standard InChI is InChI=1S/C19H33N5O2S/c1-18(2)15-24(16-19(18,3)4)27(25,26)14-6-9-22-10-12-23(13-11-22)17-20-7-5-8-21-17/h5,7-8H,6,9-16H2,1-4H3. The van der Waals surface area contributed by atoms with Crippen LogP contribution in [-0.2, 0) is 10.0 Å². The quantitative estimate of drug-likeness (QED) is 0.730. The Balaban J connectivity index is 1.44. The van der Waals surface area contributed by atoms with E-state index in [1.807, 2.05) is 6.07 Å². The highest BCUT2D eigenvalue weighted by Gasteiger charge is 2.48. The van der Waals surface area contributed by atoms with Gasteiger partial charge in [0.15, 0.2) is 0 Å². The summed E-state index contributed by atoms with van der Waals surface area (Å²) in [7, 11) is -3.18. The largest absolute Gasteiger partial charge is 0.338 e. The van der Waals surface area contributed by atoms with Crippen LogP contribution in [0.3, 0.4) is 0 Å². The summed E-state index contributed by atoms with van der Waals surface area (Å²) >= 11 is 0. The van der Waals surface area contributed by atoms with Crippen molar-refractivity contribution in [3.8, 4) is 0 Å². The molecule has 0 atom stereocenters. The van der Waals surface area contributed by atoms with Gasteiger partial charge in [0.05, 0.1) is 5.75 Å². The third-order valence-corrected chi connectivity index (χ3v) is 8.30. The Morgan fingerprint density at radius 1 is 0.963 bits per heavy atom. The van der Waals surface area contributed by atoms with Crippen LogP contribution in [0.4, 0.5) is 5.95 Å². The lowest BCUT2D eigenvalue weighted by atomic mass is 9.71. The maximum absolute atomic E-state index is 12.8. The fourth-order valence-corrected chi connectivity index (χ4v) is 5.58. The molecule has 0 aromatic carbocycles. The van der Waals surface area contributed by atoms with Crippen LogP contribution in [0.2, 0.25) is 0 Å². The Hall–Kier alpha value is -1.25. The van der Waals surface area contributed by atoms with Gasteiger partial charge < -0.3 is 4.90 Å². The minimum absolute atomic E-state index is 0.00983. The van der Waals surface area contributed by atoms with E-state index in [9.17, 15) is 8.42 Å². The van der Waals surface area contributed by atoms with Crippen molar-refractivity contribution >= 4 is 16.0 Å². The summed E-state index contributed by atoms with van der Waals surface area (Å²) in [5.74, 6) is 1.01. The zero-order valence-corrected chi connectivity index (χ0v) is 17.9. The van der Waals surface area contributed by atoms with Crippen LogP contribution in [0.1, 0.15) is 34.1 Å².